The van der Waals surface area contributed by atoms with Gasteiger partial charge in [-0.25, -0.2) is 4.98 Å². The molecule has 94 valence electrons. The first-order valence-corrected chi connectivity index (χ1v) is 5.54. The summed E-state index contributed by atoms with van der Waals surface area (Å²) in [4.78, 5) is 19.8. The van der Waals surface area contributed by atoms with Crippen molar-refractivity contribution < 1.29 is 4.79 Å². The first kappa shape index (κ1) is 12.4. The third-order valence-corrected chi connectivity index (χ3v) is 2.35. The van der Waals surface area contributed by atoms with Gasteiger partial charge in [0.2, 0.25) is 5.82 Å². The van der Waals surface area contributed by atoms with Crippen LogP contribution in [0.5, 0.6) is 0 Å². The predicted octanol–water partition coefficient (Wildman–Crippen LogP) is 1.59. The molecule has 0 aliphatic heterocycles. The summed E-state index contributed by atoms with van der Waals surface area (Å²) in [7, 11) is 0. The van der Waals surface area contributed by atoms with Gasteiger partial charge in [-0.3, -0.25) is 9.78 Å². The lowest BCUT2D eigenvalue weighted by Crippen LogP contribution is -2.23. The molecule has 0 unspecified atom stereocenters. The zero-order valence-electron chi connectivity index (χ0n) is 9.95. The number of carbonyl (C=O) groups is 1. The lowest BCUT2D eigenvalue weighted by Gasteiger charge is -2.04. The number of nitrogens with one attached hydrogen (secondary N) is 2. The van der Waals surface area contributed by atoms with E-state index in [1.807, 2.05) is 18.2 Å². The van der Waals surface area contributed by atoms with E-state index in [2.05, 4.69) is 25.8 Å². The summed E-state index contributed by atoms with van der Waals surface area (Å²) < 4.78 is 0. The number of diazo groups is 1. The zero-order chi connectivity index (χ0) is 13.5. The molecule has 2 aromatic rings. The van der Waals surface area contributed by atoms with Crippen molar-refractivity contribution in [1.82, 2.24) is 15.3 Å². The highest BCUT2D eigenvalue weighted by Gasteiger charge is 2.07. The highest BCUT2D eigenvalue weighted by molar-refractivity contribution is 5.93. The number of nitrogens with zero attached hydrogens (tertiary/aromatic N) is 4. The third-order valence-electron chi connectivity index (χ3n) is 2.35. The SMILES string of the molecule is N#[N+]Nc1ccc(C(=O)NCc2ccccn2)cn1. The van der Waals surface area contributed by atoms with Crippen LogP contribution >= 0.6 is 0 Å². The molecule has 19 heavy (non-hydrogen) atoms. The van der Waals surface area contributed by atoms with Gasteiger partial charge in [-0.2, -0.15) is 0 Å². The van der Waals surface area contributed by atoms with E-state index in [0.29, 0.717) is 17.9 Å². The van der Waals surface area contributed by atoms with Crippen LogP contribution in [0.3, 0.4) is 0 Å². The van der Waals surface area contributed by atoms with E-state index in [-0.39, 0.29) is 5.91 Å². The molecule has 0 saturated heterocycles. The standard InChI is InChI=1S/C12H10N6O/c13-18-17-11-5-4-9(7-15-11)12(19)16-8-10-3-1-2-6-14-10/h1-7H,8H2,(H-,15,16,17,19)/p+1. The van der Waals surface area contributed by atoms with Crippen molar-refractivity contribution >= 4 is 11.7 Å². The van der Waals surface area contributed by atoms with E-state index >= 15 is 0 Å². The Bertz CT molecular complexity index is 590. The smallest absolute Gasteiger partial charge is 0.309 e. The molecule has 0 fully saturated rings. The molecular weight excluding hydrogens is 244 g/mol. The molecule has 0 aliphatic rings. The van der Waals surface area contributed by atoms with Gasteiger partial charge < -0.3 is 5.32 Å². The number of carbonyl (C=O) groups excluding carboxylic acids is 1. The molecule has 0 aromatic carbocycles. The molecule has 0 bridgehead atoms. The minimum atomic E-state index is -0.245. The van der Waals surface area contributed by atoms with Crippen LogP contribution in [-0.2, 0) is 6.54 Å². The molecule has 2 N–H and O–H groups in total. The van der Waals surface area contributed by atoms with Gasteiger partial charge in [-0.15, -0.1) is 0 Å². The maximum Gasteiger partial charge on any atom is 0.309 e. The van der Waals surface area contributed by atoms with Gasteiger partial charge in [0.25, 0.3) is 11.3 Å². The van der Waals surface area contributed by atoms with E-state index in [1.165, 1.54) is 12.3 Å². The Morgan fingerprint density at radius 2 is 2.16 bits per heavy atom. The molecule has 0 spiro atoms. The Balaban J connectivity index is 1.95. The Morgan fingerprint density at radius 3 is 2.79 bits per heavy atom. The second-order valence-corrected chi connectivity index (χ2v) is 3.65. The van der Waals surface area contributed by atoms with Crippen LogP contribution in [0.15, 0.2) is 42.7 Å². The summed E-state index contributed by atoms with van der Waals surface area (Å²) in [6, 6.07) is 8.61. The summed E-state index contributed by atoms with van der Waals surface area (Å²) >= 11 is 0. The highest BCUT2D eigenvalue weighted by Crippen LogP contribution is 2.05. The second-order valence-electron chi connectivity index (χ2n) is 3.65. The summed E-state index contributed by atoms with van der Waals surface area (Å²) in [5.41, 5.74) is 3.45. The van der Waals surface area contributed by atoms with Crippen molar-refractivity contribution in [3.63, 3.8) is 0 Å². The van der Waals surface area contributed by atoms with E-state index in [4.69, 9.17) is 5.39 Å². The van der Waals surface area contributed by atoms with Gasteiger partial charge in [-0.1, -0.05) is 6.07 Å². The Kier molecular flexibility index (Phi) is 3.97. The number of rotatable bonds is 4. The molecule has 2 aromatic heterocycles. The maximum atomic E-state index is 11.8. The molecule has 0 aliphatic carbocycles. The summed E-state index contributed by atoms with van der Waals surface area (Å²) in [6.45, 7) is 0.353. The first-order chi connectivity index (χ1) is 9.29. The van der Waals surface area contributed by atoms with Crippen molar-refractivity contribution in [3.05, 3.63) is 59.1 Å². The third kappa shape index (κ3) is 3.47. The summed E-state index contributed by atoms with van der Waals surface area (Å²) in [5, 5.41) is 13.8. The largest absolute Gasteiger partial charge is 0.346 e. The normalized spacial score (nSPS) is 9.42. The Hall–Kier alpha value is -3.01. The maximum absolute atomic E-state index is 11.8. The van der Waals surface area contributed by atoms with E-state index in [0.717, 1.165) is 5.69 Å². The molecular formula is C12H11N6O+. The van der Waals surface area contributed by atoms with E-state index in [1.54, 1.807) is 12.3 Å². The lowest BCUT2D eigenvalue weighted by molar-refractivity contribution is 0.0950. The summed E-state index contributed by atoms with van der Waals surface area (Å²) in [6.07, 6.45) is 3.06. The van der Waals surface area contributed by atoms with Crippen LogP contribution in [0, 0.1) is 5.39 Å². The fraction of sp³-hybridized carbons (Fsp3) is 0.0833. The fourth-order valence-electron chi connectivity index (χ4n) is 1.42. The van der Waals surface area contributed by atoms with Crippen molar-refractivity contribution in [2.24, 2.45) is 0 Å². The monoisotopic (exact) mass is 255 g/mol. The molecule has 2 rings (SSSR count). The average Bonchev–Trinajstić information content (AvgIpc) is 2.47. The van der Waals surface area contributed by atoms with Gasteiger partial charge in [0.1, 0.15) is 0 Å². The number of pyridine rings is 2. The second kappa shape index (κ2) is 6.07. The van der Waals surface area contributed by atoms with Crippen LogP contribution in [0.1, 0.15) is 16.1 Å². The van der Waals surface area contributed by atoms with Crippen molar-refractivity contribution in [1.29, 1.82) is 5.39 Å². The van der Waals surface area contributed by atoms with Gasteiger partial charge in [-0.05, 0) is 24.3 Å². The minimum absolute atomic E-state index is 0.245. The molecule has 7 heteroatoms. The fourth-order valence-corrected chi connectivity index (χ4v) is 1.42. The Labute approximate surface area is 109 Å². The summed E-state index contributed by atoms with van der Waals surface area (Å²) in [5.74, 6) is 0.106. The lowest BCUT2D eigenvalue weighted by atomic mass is 10.2. The predicted molar refractivity (Wildman–Crippen MR) is 68.4 cm³/mol. The van der Waals surface area contributed by atoms with Crippen LogP contribution in [0.25, 0.3) is 5.08 Å². The topological polar surface area (TPSA) is 95.1 Å². The van der Waals surface area contributed by atoms with Gasteiger partial charge in [0.15, 0.2) is 0 Å². The molecule has 0 atom stereocenters. The molecule has 7 nitrogen and oxygen atoms in total. The van der Waals surface area contributed by atoms with Gasteiger partial charge in [0.05, 0.1) is 17.8 Å². The van der Waals surface area contributed by atoms with Crippen molar-refractivity contribution in [2.45, 2.75) is 6.54 Å². The number of amides is 1. The number of hydrogen-bond donors (Lipinski definition) is 2. The highest BCUT2D eigenvalue weighted by atomic mass is 16.1. The number of aromatic nitrogens is 2. The molecule has 0 radical (unpaired) electrons. The van der Waals surface area contributed by atoms with E-state index < -0.39 is 0 Å². The first-order valence-electron chi connectivity index (χ1n) is 5.54. The van der Waals surface area contributed by atoms with Gasteiger partial charge >= 0.3 is 5.08 Å². The van der Waals surface area contributed by atoms with Crippen molar-refractivity contribution in [3.8, 4) is 0 Å². The number of hydrogen-bond acceptors (Lipinski definition) is 5. The van der Waals surface area contributed by atoms with E-state index in [9.17, 15) is 4.79 Å². The molecule has 0 saturated carbocycles. The Morgan fingerprint density at radius 1 is 1.26 bits per heavy atom. The average molecular weight is 255 g/mol. The van der Waals surface area contributed by atoms with Crippen LogP contribution < -0.4 is 10.7 Å². The zero-order valence-corrected chi connectivity index (χ0v) is 9.95. The van der Waals surface area contributed by atoms with Crippen LogP contribution in [0.4, 0.5) is 5.82 Å². The van der Waals surface area contributed by atoms with Crippen molar-refractivity contribution in [2.75, 3.05) is 5.43 Å². The molecule has 2 heterocycles. The van der Waals surface area contributed by atoms with Crippen LogP contribution in [0.2, 0.25) is 0 Å². The number of anilines is 1. The van der Waals surface area contributed by atoms with Crippen LogP contribution in [-0.4, -0.2) is 15.9 Å². The molecule has 1 amide bonds. The van der Waals surface area contributed by atoms with Gasteiger partial charge in [0, 0.05) is 17.8 Å². The quantitative estimate of drug-likeness (QED) is 0.639. The minimum Gasteiger partial charge on any atom is -0.346 e.